The molecule has 0 atom stereocenters. The largest absolute Gasteiger partial charge is 0.412 e. The molecule has 9 heavy (non-hydrogen) atoms. The molecule has 0 radical (unpaired) electrons. The maximum Gasteiger partial charge on any atom is 0.412 e. The first-order chi connectivity index (χ1) is 4.33. The molecule has 3 saturated heterocycles. The van der Waals surface area contributed by atoms with Crippen molar-refractivity contribution in [3.63, 3.8) is 0 Å². The van der Waals surface area contributed by atoms with Gasteiger partial charge in [-0.2, -0.15) is 13.6 Å². The van der Waals surface area contributed by atoms with Crippen molar-refractivity contribution in [3.05, 3.63) is 0 Å². The van der Waals surface area contributed by atoms with E-state index in [1.54, 1.807) is 0 Å². The monoisotopic (exact) mass is 147 g/mol. The normalized spacial score (nSPS) is 61.3. The van der Waals surface area contributed by atoms with Crippen molar-refractivity contribution in [1.82, 2.24) is 0 Å². The van der Waals surface area contributed by atoms with E-state index in [1.807, 2.05) is 0 Å². The minimum atomic E-state index is -1.67. The maximum atomic E-state index is 5.40. The molecule has 0 saturated carbocycles. The summed E-state index contributed by atoms with van der Waals surface area (Å²) in [5, 5.41) is 0. The standard InChI is InChI=1S/C5H8O3P/c1-5-2-7-9(4-5,6-1)8-3-5/h1-4H2/q+1. The van der Waals surface area contributed by atoms with E-state index in [1.165, 1.54) is 0 Å². The summed E-state index contributed by atoms with van der Waals surface area (Å²) in [4.78, 5) is 0. The van der Waals surface area contributed by atoms with Gasteiger partial charge in [-0.15, -0.1) is 0 Å². The Morgan fingerprint density at radius 2 is 1.56 bits per heavy atom. The van der Waals surface area contributed by atoms with Crippen molar-refractivity contribution in [1.29, 1.82) is 0 Å². The first-order valence-electron chi connectivity index (χ1n) is 3.14. The van der Waals surface area contributed by atoms with Crippen molar-refractivity contribution >= 4 is 7.94 Å². The average molecular weight is 147 g/mol. The zero-order valence-electron chi connectivity index (χ0n) is 5.00. The lowest BCUT2D eigenvalue weighted by Gasteiger charge is -2.24. The van der Waals surface area contributed by atoms with Gasteiger partial charge in [0.25, 0.3) is 0 Å². The number of rotatable bonds is 0. The van der Waals surface area contributed by atoms with Gasteiger partial charge in [-0.3, -0.25) is 0 Å². The van der Waals surface area contributed by atoms with Gasteiger partial charge in [0.1, 0.15) is 19.8 Å². The summed E-state index contributed by atoms with van der Waals surface area (Å²) in [5.74, 6) is 0. The van der Waals surface area contributed by atoms with Crippen LogP contribution in [-0.4, -0.2) is 26.0 Å². The summed E-state index contributed by atoms with van der Waals surface area (Å²) >= 11 is 0. The summed E-state index contributed by atoms with van der Waals surface area (Å²) in [7, 11) is -1.67. The Kier molecular flexibility index (Phi) is 0.665. The molecule has 3 aliphatic rings. The second-order valence-electron chi connectivity index (χ2n) is 3.09. The maximum absolute atomic E-state index is 5.40. The van der Waals surface area contributed by atoms with Crippen molar-refractivity contribution in [2.24, 2.45) is 5.41 Å². The zero-order chi connectivity index (χ0) is 5.95. The first kappa shape index (κ1) is 5.03. The molecule has 3 aliphatic heterocycles. The van der Waals surface area contributed by atoms with Crippen molar-refractivity contribution in [2.45, 2.75) is 0 Å². The Hall–Kier alpha value is 0.310. The van der Waals surface area contributed by atoms with Crippen LogP contribution in [0.4, 0.5) is 0 Å². The molecule has 50 valence electrons. The lowest BCUT2D eigenvalue weighted by atomic mass is 9.95. The highest BCUT2D eigenvalue weighted by molar-refractivity contribution is 7.62. The van der Waals surface area contributed by atoms with E-state index < -0.39 is 7.94 Å². The van der Waals surface area contributed by atoms with E-state index in [2.05, 4.69) is 0 Å². The Labute approximate surface area is 53.9 Å². The van der Waals surface area contributed by atoms with Gasteiger partial charge in [-0.25, -0.2) is 0 Å². The van der Waals surface area contributed by atoms with Crippen LogP contribution in [0.5, 0.6) is 0 Å². The molecule has 0 aromatic carbocycles. The summed E-state index contributed by atoms with van der Waals surface area (Å²) in [6.07, 6.45) is 1.07. The quantitative estimate of drug-likeness (QED) is 0.475. The van der Waals surface area contributed by atoms with Crippen LogP contribution in [0.3, 0.4) is 0 Å². The lowest BCUT2D eigenvalue weighted by Crippen LogP contribution is -2.33. The lowest BCUT2D eigenvalue weighted by molar-refractivity contribution is -0.0159. The van der Waals surface area contributed by atoms with E-state index in [9.17, 15) is 0 Å². The third-order valence-electron chi connectivity index (χ3n) is 2.23. The van der Waals surface area contributed by atoms with E-state index in [0.717, 1.165) is 26.0 Å². The summed E-state index contributed by atoms with van der Waals surface area (Å²) in [6, 6.07) is 0. The molecule has 3 rings (SSSR count). The van der Waals surface area contributed by atoms with E-state index in [-0.39, 0.29) is 0 Å². The van der Waals surface area contributed by atoms with Gasteiger partial charge < -0.3 is 0 Å². The minimum absolute atomic E-state index is 0.299. The van der Waals surface area contributed by atoms with Crippen LogP contribution in [-0.2, 0) is 13.6 Å². The van der Waals surface area contributed by atoms with E-state index in [0.29, 0.717) is 5.41 Å². The van der Waals surface area contributed by atoms with Crippen molar-refractivity contribution < 1.29 is 13.6 Å². The smallest absolute Gasteiger partial charge is 0.177 e. The Bertz CT molecular complexity index is 127. The second kappa shape index (κ2) is 1.19. The molecule has 0 amide bonds. The van der Waals surface area contributed by atoms with Gasteiger partial charge in [0.2, 0.25) is 0 Å². The third-order valence-corrected chi connectivity index (χ3v) is 4.86. The van der Waals surface area contributed by atoms with Gasteiger partial charge in [0.15, 0.2) is 6.16 Å². The van der Waals surface area contributed by atoms with Crippen LogP contribution >= 0.6 is 7.94 Å². The van der Waals surface area contributed by atoms with Crippen molar-refractivity contribution in [3.8, 4) is 0 Å². The van der Waals surface area contributed by atoms with Gasteiger partial charge in [-0.1, -0.05) is 0 Å². The topological polar surface area (TPSA) is 27.7 Å². The fraction of sp³-hybridized carbons (Fsp3) is 1.00. The van der Waals surface area contributed by atoms with Crippen LogP contribution in [0.15, 0.2) is 0 Å². The van der Waals surface area contributed by atoms with Crippen molar-refractivity contribution in [2.75, 3.05) is 26.0 Å². The van der Waals surface area contributed by atoms with Gasteiger partial charge in [0, 0.05) is 0 Å². The fourth-order valence-electron chi connectivity index (χ4n) is 1.63. The molecule has 2 bridgehead atoms. The number of hydrogen-bond acceptors (Lipinski definition) is 3. The molecule has 0 aromatic heterocycles. The summed E-state index contributed by atoms with van der Waals surface area (Å²) in [6.45, 7) is 2.67. The highest BCUT2D eigenvalue weighted by atomic mass is 31.2. The Balaban J connectivity index is 2.13. The molecule has 3 nitrogen and oxygen atoms in total. The molecule has 3 fully saturated rings. The molecule has 0 N–H and O–H groups in total. The molecular weight excluding hydrogens is 139 g/mol. The first-order valence-corrected chi connectivity index (χ1v) is 4.87. The van der Waals surface area contributed by atoms with Crippen LogP contribution < -0.4 is 0 Å². The van der Waals surface area contributed by atoms with E-state index >= 15 is 0 Å². The predicted octanol–water partition coefficient (Wildman–Crippen LogP) is 0.826. The molecule has 0 unspecified atom stereocenters. The predicted molar refractivity (Wildman–Crippen MR) is 32.1 cm³/mol. The molecule has 0 aromatic rings. The molecule has 0 spiro atoms. The minimum Gasteiger partial charge on any atom is -0.177 e. The zero-order valence-corrected chi connectivity index (χ0v) is 5.89. The van der Waals surface area contributed by atoms with Crippen LogP contribution in [0.25, 0.3) is 0 Å². The molecule has 4 heteroatoms. The second-order valence-corrected chi connectivity index (χ2v) is 5.40. The van der Waals surface area contributed by atoms with Crippen LogP contribution in [0, 0.1) is 5.41 Å². The third kappa shape index (κ3) is 0.444. The van der Waals surface area contributed by atoms with Crippen LogP contribution in [0.1, 0.15) is 0 Å². The average Bonchev–Trinajstić information content (AvgIpc) is 2.49. The van der Waals surface area contributed by atoms with Gasteiger partial charge in [-0.05, 0) is 0 Å². The summed E-state index contributed by atoms with van der Waals surface area (Å²) < 4.78 is 16.2. The Morgan fingerprint density at radius 1 is 1.00 bits per heavy atom. The van der Waals surface area contributed by atoms with Gasteiger partial charge in [0.05, 0.1) is 5.41 Å². The highest BCUT2D eigenvalue weighted by Crippen LogP contribution is 2.79. The van der Waals surface area contributed by atoms with E-state index in [4.69, 9.17) is 13.6 Å². The molecule has 0 aliphatic carbocycles. The SMILES string of the molecule is C1O[P+]23CC1(CO2)CO3. The number of hydrogen-bond donors (Lipinski definition) is 0. The fourth-order valence-corrected chi connectivity index (χ4v) is 4.63. The van der Waals surface area contributed by atoms with Crippen LogP contribution in [0.2, 0.25) is 0 Å². The highest BCUT2D eigenvalue weighted by Gasteiger charge is 2.74. The molecular formula is C5H8O3P+. The Morgan fingerprint density at radius 3 is 1.67 bits per heavy atom. The van der Waals surface area contributed by atoms with Gasteiger partial charge >= 0.3 is 7.94 Å². The molecule has 3 heterocycles. The summed E-state index contributed by atoms with van der Waals surface area (Å²) in [5.41, 5.74) is 0.299.